The number of H-pyrrole nitrogens is 1. The van der Waals surface area contributed by atoms with E-state index >= 15 is 0 Å². The van der Waals surface area contributed by atoms with Crippen molar-refractivity contribution in [3.63, 3.8) is 0 Å². The van der Waals surface area contributed by atoms with Crippen LogP contribution in [-0.4, -0.2) is 24.7 Å². The van der Waals surface area contributed by atoms with Crippen molar-refractivity contribution in [1.29, 1.82) is 0 Å². The molecule has 0 amide bonds. The minimum Gasteiger partial charge on any atom is -0.267 e. The maximum atomic E-state index is 10.7. The van der Waals surface area contributed by atoms with Gasteiger partial charge in [0.2, 0.25) is 0 Å². The number of hydrogen-bond acceptors (Lipinski definition) is 5. The first-order valence-corrected chi connectivity index (χ1v) is 6.41. The predicted octanol–water partition coefficient (Wildman–Crippen LogP) is 2.90. The summed E-state index contributed by atoms with van der Waals surface area (Å²) in [7, 11) is 0. The zero-order chi connectivity index (χ0) is 14.8. The van der Waals surface area contributed by atoms with E-state index in [2.05, 4.69) is 15.2 Å². The molecule has 0 unspecified atom stereocenters. The Kier molecular flexibility index (Phi) is 3.28. The summed E-state index contributed by atoms with van der Waals surface area (Å²) in [5.41, 5.74) is 1.36. The molecule has 0 saturated carbocycles. The van der Waals surface area contributed by atoms with Crippen LogP contribution < -0.4 is 0 Å². The smallest absolute Gasteiger partial charge is 0.267 e. The van der Waals surface area contributed by atoms with Crippen molar-refractivity contribution in [3.8, 4) is 17.2 Å². The molecule has 0 atom stereocenters. The Morgan fingerprint density at radius 3 is 2.57 bits per heavy atom. The fourth-order valence-electron chi connectivity index (χ4n) is 1.93. The second-order valence-corrected chi connectivity index (χ2v) is 4.56. The first-order chi connectivity index (χ1) is 10.2. The van der Waals surface area contributed by atoms with Crippen LogP contribution >= 0.6 is 12.2 Å². The molecule has 2 aromatic heterocycles. The van der Waals surface area contributed by atoms with Gasteiger partial charge in [0, 0.05) is 18.3 Å². The van der Waals surface area contributed by atoms with Crippen LogP contribution in [0.5, 0.6) is 0 Å². The van der Waals surface area contributed by atoms with Gasteiger partial charge in [-0.25, -0.2) is 0 Å². The Bertz CT molecular complexity index is 839. The molecule has 8 heteroatoms. The fourth-order valence-corrected chi connectivity index (χ4v) is 2.16. The van der Waals surface area contributed by atoms with Gasteiger partial charge in [-0.2, -0.15) is 5.10 Å². The molecule has 3 aromatic rings. The van der Waals surface area contributed by atoms with Gasteiger partial charge in [0.25, 0.3) is 5.69 Å². The zero-order valence-electron chi connectivity index (χ0n) is 10.6. The molecule has 21 heavy (non-hydrogen) atoms. The maximum absolute atomic E-state index is 10.7. The Balaban J connectivity index is 2.13. The molecule has 0 fully saturated rings. The average Bonchev–Trinajstić information content (AvgIpc) is 2.90. The number of nitro groups is 1. The molecule has 0 radical (unpaired) electrons. The minimum atomic E-state index is -0.446. The van der Waals surface area contributed by atoms with Gasteiger partial charge in [0.15, 0.2) is 10.6 Å². The molecule has 0 aliphatic carbocycles. The van der Waals surface area contributed by atoms with Crippen LogP contribution in [-0.2, 0) is 0 Å². The van der Waals surface area contributed by atoms with E-state index in [0.29, 0.717) is 22.0 Å². The minimum absolute atomic E-state index is 0.0214. The summed E-state index contributed by atoms with van der Waals surface area (Å²) in [6.07, 6.45) is 1.66. The lowest BCUT2D eigenvalue weighted by Crippen LogP contribution is -1.99. The van der Waals surface area contributed by atoms with E-state index in [9.17, 15) is 10.1 Å². The number of nitrogens with zero attached hydrogens (tertiary/aromatic N) is 4. The molecule has 0 aliphatic rings. The van der Waals surface area contributed by atoms with Gasteiger partial charge in [-0.05, 0) is 36.5 Å². The van der Waals surface area contributed by atoms with Crippen LogP contribution in [0.15, 0.2) is 48.7 Å². The van der Waals surface area contributed by atoms with Crippen LogP contribution in [0.3, 0.4) is 0 Å². The third-order valence-electron chi connectivity index (χ3n) is 2.89. The van der Waals surface area contributed by atoms with E-state index in [-0.39, 0.29) is 5.69 Å². The lowest BCUT2D eigenvalue weighted by atomic mass is 10.2. The number of aromatic amines is 1. The van der Waals surface area contributed by atoms with Crippen molar-refractivity contribution in [2.24, 2.45) is 0 Å². The number of non-ortho nitro benzene ring substituents is 1. The monoisotopic (exact) mass is 299 g/mol. The van der Waals surface area contributed by atoms with Gasteiger partial charge in [-0.1, -0.05) is 6.07 Å². The van der Waals surface area contributed by atoms with Crippen LogP contribution in [0.4, 0.5) is 5.69 Å². The maximum Gasteiger partial charge on any atom is 0.269 e. The topological polar surface area (TPSA) is 89.6 Å². The molecule has 7 nitrogen and oxygen atoms in total. The van der Waals surface area contributed by atoms with Crippen LogP contribution in [0, 0.1) is 14.9 Å². The van der Waals surface area contributed by atoms with E-state index in [1.807, 2.05) is 12.1 Å². The first kappa shape index (κ1) is 13.1. The summed E-state index contributed by atoms with van der Waals surface area (Å²) in [5.74, 6) is 0.550. The standard InChI is InChI=1S/C13H9N5O2S/c19-18(20)10-6-4-9(5-7-10)17-12(15-16-13(17)21)11-3-1-2-8-14-11/h1-8H,(H,16,21). The van der Waals surface area contributed by atoms with Crippen molar-refractivity contribution in [2.75, 3.05) is 0 Å². The highest BCUT2D eigenvalue weighted by Gasteiger charge is 2.12. The third-order valence-corrected chi connectivity index (χ3v) is 3.16. The SMILES string of the molecule is O=[N+]([O-])c1ccc(-n2c(-c3ccccn3)n[nH]c2=S)cc1. The molecule has 3 rings (SSSR count). The quantitative estimate of drug-likeness (QED) is 0.456. The number of nitrogens with one attached hydrogen (secondary N) is 1. The second kappa shape index (κ2) is 5.25. The molecule has 1 aromatic carbocycles. The highest BCUT2D eigenvalue weighted by atomic mass is 32.1. The number of hydrogen-bond donors (Lipinski definition) is 1. The Morgan fingerprint density at radius 2 is 1.95 bits per heavy atom. The highest BCUT2D eigenvalue weighted by Crippen LogP contribution is 2.21. The van der Waals surface area contributed by atoms with Crippen LogP contribution in [0.25, 0.3) is 17.2 Å². The summed E-state index contributed by atoms with van der Waals surface area (Å²) >= 11 is 5.22. The van der Waals surface area contributed by atoms with Crippen molar-refractivity contribution in [1.82, 2.24) is 19.7 Å². The summed E-state index contributed by atoms with van der Waals surface area (Å²) in [6, 6.07) is 11.6. The average molecular weight is 299 g/mol. The van der Waals surface area contributed by atoms with Gasteiger partial charge >= 0.3 is 0 Å². The number of benzene rings is 1. The molecule has 104 valence electrons. The van der Waals surface area contributed by atoms with Crippen LogP contribution in [0.2, 0.25) is 0 Å². The van der Waals surface area contributed by atoms with Crippen molar-refractivity contribution >= 4 is 17.9 Å². The van der Waals surface area contributed by atoms with E-state index in [1.54, 1.807) is 29.0 Å². The molecular formula is C13H9N5O2S. The highest BCUT2D eigenvalue weighted by molar-refractivity contribution is 7.71. The van der Waals surface area contributed by atoms with Gasteiger partial charge in [0.05, 0.1) is 10.6 Å². The zero-order valence-corrected chi connectivity index (χ0v) is 11.4. The van der Waals surface area contributed by atoms with Gasteiger partial charge < -0.3 is 0 Å². The Labute approximate surface area is 124 Å². The van der Waals surface area contributed by atoms with Crippen molar-refractivity contribution < 1.29 is 4.92 Å². The normalized spacial score (nSPS) is 10.5. The third kappa shape index (κ3) is 2.43. The Hall–Kier alpha value is -2.87. The largest absolute Gasteiger partial charge is 0.269 e. The Morgan fingerprint density at radius 1 is 1.19 bits per heavy atom. The van der Waals surface area contributed by atoms with Crippen molar-refractivity contribution in [2.45, 2.75) is 0 Å². The van der Waals surface area contributed by atoms with E-state index in [0.717, 1.165) is 0 Å². The molecule has 2 heterocycles. The number of pyridine rings is 1. The fraction of sp³-hybridized carbons (Fsp3) is 0. The van der Waals surface area contributed by atoms with Crippen molar-refractivity contribution in [3.05, 3.63) is 63.5 Å². The van der Waals surface area contributed by atoms with Gasteiger partial charge in [0.1, 0.15) is 5.69 Å². The van der Waals surface area contributed by atoms with E-state index in [4.69, 9.17) is 12.2 Å². The number of nitro benzene ring substituents is 1. The molecule has 0 spiro atoms. The number of aromatic nitrogens is 4. The molecular weight excluding hydrogens is 290 g/mol. The summed E-state index contributed by atoms with van der Waals surface area (Å²) in [6.45, 7) is 0. The van der Waals surface area contributed by atoms with Gasteiger partial charge in [-0.15, -0.1) is 0 Å². The molecule has 0 bridgehead atoms. The molecule has 1 N–H and O–H groups in total. The first-order valence-electron chi connectivity index (χ1n) is 6.00. The summed E-state index contributed by atoms with van der Waals surface area (Å²) in [4.78, 5) is 14.5. The lowest BCUT2D eigenvalue weighted by Gasteiger charge is -2.05. The molecule has 0 aliphatic heterocycles. The predicted molar refractivity (Wildman–Crippen MR) is 78.6 cm³/mol. The summed E-state index contributed by atoms with van der Waals surface area (Å²) in [5, 5.41) is 17.6. The second-order valence-electron chi connectivity index (χ2n) is 4.18. The van der Waals surface area contributed by atoms with E-state index in [1.165, 1.54) is 12.1 Å². The summed E-state index contributed by atoms with van der Waals surface area (Å²) < 4.78 is 2.07. The number of rotatable bonds is 3. The van der Waals surface area contributed by atoms with E-state index < -0.39 is 4.92 Å². The van der Waals surface area contributed by atoms with Crippen LogP contribution in [0.1, 0.15) is 0 Å². The molecule has 0 saturated heterocycles. The lowest BCUT2D eigenvalue weighted by molar-refractivity contribution is -0.384. The van der Waals surface area contributed by atoms with Gasteiger partial charge in [-0.3, -0.25) is 24.8 Å².